The number of nitrogens with zero attached hydrogens (tertiary/aromatic N) is 4. The number of anilines is 2. The van der Waals surface area contributed by atoms with Crippen molar-refractivity contribution in [3.8, 4) is 0 Å². The van der Waals surface area contributed by atoms with Gasteiger partial charge in [-0.3, -0.25) is 0 Å². The van der Waals surface area contributed by atoms with Crippen molar-refractivity contribution in [1.82, 2.24) is 14.7 Å². The van der Waals surface area contributed by atoms with Crippen LogP contribution in [0.2, 0.25) is 0 Å². The third-order valence-electron chi connectivity index (χ3n) is 4.31. The van der Waals surface area contributed by atoms with Crippen LogP contribution in [-0.2, 0) is 6.54 Å². The number of hydrogen-bond donors (Lipinski definition) is 1. The molecule has 0 saturated carbocycles. The first-order chi connectivity index (χ1) is 9.52. The second-order valence-corrected chi connectivity index (χ2v) is 6.17. The van der Waals surface area contributed by atoms with Crippen molar-refractivity contribution in [2.45, 2.75) is 39.7 Å². The first-order valence-electron chi connectivity index (χ1n) is 7.75. The minimum Gasteiger partial charge on any atom is -0.394 e. The van der Waals surface area contributed by atoms with E-state index in [1.165, 1.54) is 25.9 Å². The normalized spacial score (nSPS) is 17.6. The van der Waals surface area contributed by atoms with Crippen LogP contribution in [0, 0.1) is 12.8 Å². The van der Waals surface area contributed by atoms with Crippen LogP contribution < -0.4 is 10.6 Å². The van der Waals surface area contributed by atoms with E-state index in [1.54, 1.807) is 0 Å². The quantitative estimate of drug-likeness (QED) is 0.895. The number of rotatable bonds is 5. The molecular formula is C15H29N5. The van der Waals surface area contributed by atoms with Crippen molar-refractivity contribution in [3.63, 3.8) is 0 Å². The molecule has 0 amide bonds. The summed E-state index contributed by atoms with van der Waals surface area (Å²) < 4.78 is 2.07. The third kappa shape index (κ3) is 3.26. The Morgan fingerprint density at radius 3 is 2.60 bits per heavy atom. The molecule has 1 aliphatic heterocycles. The summed E-state index contributed by atoms with van der Waals surface area (Å²) in [5.41, 5.74) is 8.02. The van der Waals surface area contributed by atoms with Crippen molar-refractivity contribution in [3.05, 3.63) is 5.69 Å². The molecule has 0 atom stereocenters. The van der Waals surface area contributed by atoms with Crippen molar-refractivity contribution >= 4 is 11.5 Å². The highest BCUT2D eigenvalue weighted by Crippen LogP contribution is 2.28. The van der Waals surface area contributed by atoms with Crippen LogP contribution in [0.1, 0.15) is 31.9 Å². The van der Waals surface area contributed by atoms with E-state index in [0.717, 1.165) is 42.6 Å². The van der Waals surface area contributed by atoms with Gasteiger partial charge in [0.15, 0.2) is 0 Å². The van der Waals surface area contributed by atoms with Gasteiger partial charge in [-0.1, -0.05) is 6.92 Å². The van der Waals surface area contributed by atoms with Crippen LogP contribution in [0.15, 0.2) is 0 Å². The summed E-state index contributed by atoms with van der Waals surface area (Å²) in [6, 6.07) is 0. The van der Waals surface area contributed by atoms with Gasteiger partial charge in [0, 0.05) is 20.1 Å². The van der Waals surface area contributed by atoms with Crippen molar-refractivity contribution < 1.29 is 0 Å². The average Bonchev–Trinajstić information content (AvgIpc) is 2.68. The topological polar surface area (TPSA) is 50.3 Å². The molecule has 0 unspecified atom stereocenters. The van der Waals surface area contributed by atoms with Crippen LogP contribution in [0.4, 0.5) is 11.5 Å². The first kappa shape index (κ1) is 15.2. The summed E-state index contributed by atoms with van der Waals surface area (Å²) in [5, 5.41) is 4.57. The predicted molar refractivity (Wildman–Crippen MR) is 85.2 cm³/mol. The molecule has 20 heavy (non-hydrogen) atoms. The lowest BCUT2D eigenvalue weighted by Gasteiger charge is -2.32. The van der Waals surface area contributed by atoms with E-state index in [9.17, 15) is 0 Å². The lowest BCUT2D eigenvalue weighted by atomic mass is 9.97. The molecule has 1 fully saturated rings. The first-order valence-corrected chi connectivity index (χ1v) is 7.75. The predicted octanol–water partition coefficient (Wildman–Crippen LogP) is 1.96. The fourth-order valence-corrected chi connectivity index (χ4v) is 3.07. The van der Waals surface area contributed by atoms with Crippen LogP contribution in [0.25, 0.3) is 0 Å². The Labute approximate surface area is 122 Å². The highest BCUT2D eigenvalue weighted by Gasteiger charge is 2.22. The number of aromatic nitrogens is 2. The molecule has 2 N–H and O–H groups in total. The largest absolute Gasteiger partial charge is 0.394 e. The highest BCUT2D eigenvalue weighted by atomic mass is 15.4. The number of nitrogens with two attached hydrogens (primary N) is 1. The number of likely N-dealkylation sites (tertiary alicyclic amines) is 1. The van der Waals surface area contributed by atoms with Crippen molar-refractivity contribution in [2.75, 3.05) is 44.4 Å². The van der Waals surface area contributed by atoms with Gasteiger partial charge in [0.2, 0.25) is 0 Å². The maximum absolute atomic E-state index is 6.23. The van der Waals surface area contributed by atoms with Crippen LogP contribution in [0.3, 0.4) is 0 Å². The van der Waals surface area contributed by atoms with Gasteiger partial charge < -0.3 is 15.5 Å². The zero-order chi connectivity index (χ0) is 14.7. The summed E-state index contributed by atoms with van der Waals surface area (Å²) in [6.45, 7) is 8.60. The van der Waals surface area contributed by atoms with E-state index in [0.29, 0.717) is 0 Å². The second-order valence-electron chi connectivity index (χ2n) is 6.17. The van der Waals surface area contributed by atoms with Gasteiger partial charge in [-0.25, -0.2) is 4.68 Å². The zero-order valence-corrected chi connectivity index (χ0v) is 13.4. The van der Waals surface area contributed by atoms with Gasteiger partial charge in [-0.2, -0.15) is 5.10 Å². The van der Waals surface area contributed by atoms with Crippen LogP contribution in [-0.4, -0.2) is 48.4 Å². The molecule has 5 heteroatoms. The molecule has 1 aromatic heterocycles. The van der Waals surface area contributed by atoms with Crippen LogP contribution in [0.5, 0.6) is 0 Å². The molecule has 2 rings (SSSR count). The average molecular weight is 279 g/mol. The molecule has 5 nitrogen and oxygen atoms in total. The lowest BCUT2D eigenvalue weighted by Crippen LogP contribution is -2.36. The number of hydrogen-bond acceptors (Lipinski definition) is 4. The minimum atomic E-state index is 0.765. The summed E-state index contributed by atoms with van der Waals surface area (Å²) in [6.07, 6.45) is 3.64. The summed E-state index contributed by atoms with van der Waals surface area (Å²) in [7, 11) is 4.36. The van der Waals surface area contributed by atoms with E-state index in [-0.39, 0.29) is 0 Å². The second kappa shape index (κ2) is 6.48. The van der Waals surface area contributed by atoms with Crippen LogP contribution >= 0.6 is 0 Å². The third-order valence-corrected chi connectivity index (χ3v) is 4.31. The molecular weight excluding hydrogens is 250 g/mol. The SMILES string of the molecule is CCCn1nc(C)c(N)c1N(C)CC1CCN(C)CC1. The Morgan fingerprint density at radius 1 is 1.35 bits per heavy atom. The summed E-state index contributed by atoms with van der Waals surface area (Å²) >= 11 is 0. The zero-order valence-electron chi connectivity index (χ0n) is 13.4. The van der Waals surface area contributed by atoms with E-state index in [2.05, 4.69) is 40.6 Å². The standard InChI is InChI=1S/C15H29N5/c1-5-8-20-15(14(16)12(2)17-20)19(4)11-13-6-9-18(3)10-7-13/h13H,5-11,16H2,1-4H3. The number of piperidine rings is 1. The molecule has 1 saturated heterocycles. The molecule has 0 aromatic carbocycles. The minimum absolute atomic E-state index is 0.765. The van der Waals surface area contributed by atoms with E-state index in [1.807, 2.05) is 6.92 Å². The Balaban J connectivity index is 2.06. The van der Waals surface area contributed by atoms with Gasteiger partial charge >= 0.3 is 0 Å². The molecule has 0 radical (unpaired) electrons. The fraction of sp³-hybridized carbons (Fsp3) is 0.800. The maximum Gasteiger partial charge on any atom is 0.150 e. The van der Waals surface area contributed by atoms with Gasteiger partial charge in [-0.15, -0.1) is 0 Å². The Morgan fingerprint density at radius 2 is 2.00 bits per heavy atom. The van der Waals surface area contributed by atoms with Gasteiger partial charge in [-0.05, 0) is 52.2 Å². The Hall–Kier alpha value is -1.23. The smallest absolute Gasteiger partial charge is 0.150 e. The maximum atomic E-state index is 6.23. The molecule has 1 aliphatic rings. The molecule has 0 aliphatic carbocycles. The van der Waals surface area contributed by atoms with Gasteiger partial charge in [0.25, 0.3) is 0 Å². The Bertz CT molecular complexity index is 432. The summed E-state index contributed by atoms with van der Waals surface area (Å²) in [5.74, 6) is 1.86. The Kier molecular flexibility index (Phi) is 4.91. The lowest BCUT2D eigenvalue weighted by molar-refractivity contribution is 0.222. The monoisotopic (exact) mass is 279 g/mol. The van der Waals surface area contributed by atoms with Gasteiger partial charge in [0.1, 0.15) is 5.82 Å². The van der Waals surface area contributed by atoms with E-state index >= 15 is 0 Å². The van der Waals surface area contributed by atoms with Gasteiger partial charge in [0.05, 0.1) is 11.4 Å². The highest BCUT2D eigenvalue weighted by molar-refractivity contribution is 5.65. The van der Waals surface area contributed by atoms with E-state index < -0.39 is 0 Å². The van der Waals surface area contributed by atoms with Crippen molar-refractivity contribution in [2.24, 2.45) is 5.92 Å². The number of nitrogen functional groups attached to an aromatic ring is 1. The molecule has 1 aromatic rings. The molecule has 0 bridgehead atoms. The molecule has 114 valence electrons. The molecule has 2 heterocycles. The fourth-order valence-electron chi connectivity index (χ4n) is 3.07. The van der Waals surface area contributed by atoms with Crippen molar-refractivity contribution in [1.29, 1.82) is 0 Å². The summed E-state index contributed by atoms with van der Waals surface area (Å²) in [4.78, 5) is 4.72. The van der Waals surface area contributed by atoms with E-state index in [4.69, 9.17) is 5.73 Å². The number of aryl methyl sites for hydroxylation is 2. The molecule has 0 spiro atoms.